The van der Waals surface area contributed by atoms with Crippen molar-refractivity contribution in [2.45, 2.75) is 96.6 Å². The van der Waals surface area contributed by atoms with E-state index < -0.39 is 0 Å². The molecule has 0 bridgehead atoms. The molecule has 32 heavy (non-hydrogen) atoms. The third-order valence-corrected chi connectivity index (χ3v) is 7.55. The van der Waals surface area contributed by atoms with Gasteiger partial charge in [-0.25, -0.2) is 0 Å². The number of hydrogen-bond acceptors (Lipinski definition) is 3. The Bertz CT molecular complexity index is 715. The average molecular weight is 461 g/mol. The summed E-state index contributed by atoms with van der Waals surface area (Å²) in [6.07, 6.45) is 12.6. The molecule has 1 unspecified atom stereocenters. The highest BCUT2D eigenvalue weighted by atomic mass is 35.5. The van der Waals surface area contributed by atoms with Crippen molar-refractivity contribution in [2.75, 3.05) is 13.1 Å². The zero-order valence-electron chi connectivity index (χ0n) is 19.8. The van der Waals surface area contributed by atoms with Crippen molar-refractivity contribution in [3.8, 4) is 0 Å². The molecular weight excluding hydrogens is 420 g/mol. The highest BCUT2D eigenvalue weighted by molar-refractivity contribution is 6.30. The summed E-state index contributed by atoms with van der Waals surface area (Å²) in [6, 6.07) is 7.68. The molecule has 1 aliphatic heterocycles. The maximum absolute atomic E-state index is 13.3. The predicted octanol–water partition coefficient (Wildman–Crippen LogP) is 6.16. The Hall–Kier alpha value is -1.39. The fraction of sp³-hybridized carbons (Fsp3) is 0.704. The van der Waals surface area contributed by atoms with Gasteiger partial charge in [0.25, 0.3) is 0 Å². The number of hydrogen-bond donors (Lipinski definition) is 1. The van der Waals surface area contributed by atoms with Gasteiger partial charge >= 0.3 is 0 Å². The highest BCUT2D eigenvalue weighted by Gasteiger charge is 2.28. The number of carbonyl (C=O) groups excluding carboxylic acids is 2. The summed E-state index contributed by atoms with van der Waals surface area (Å²) < 4.78 is 0. The first kappa shape index (κ1) is 25.2. The van der Waals surface area contributed by atoms with Crippen LogP contribution in [0.15, 0.2) is 24.3 Å². The van der Waals surface area contributed by atoms with E-state index in [1.54, 1.807) is 0 Å². The van der Waals surface area contributed by atoms with Gasteiger partial charge in [0.15, 0.2) is 5.78 Å². The average Bonchev–Trinajstić information content (AvgIpc) is 2.82. The fourth-order valence-electron chi connectivity index (χ4n) is 5.30. The van der Waals surface area contributed by atoms with Crippen LogP contribution >= 0.6 is 11.6 Å². The van der Waals surface area contributed by atoms with Crippen molar-refractivity contribution < 1.29 is 9.59 Å². The second-order valence-corrected chi connectivity index (χ2v) is 10.4. The van der Waals surface area contributed by atoms with Gasteiger partial charge in [0.2, 0.25) is 5.91 Å². The maximum atomic E-state index is 13.3. The van der Waals surface area contributed by atoms with E-state index in [0.717, 1.165) is 56.8 Å². The van der Waals surface area contributed by atoms with Crippen molar-refractivity contribution in [1.29, 1.82) is 0 Å². The number of ketones is 1. The molecule has 2 atom stereocenters. The van der Waals surface area contributed by atoms with Gasteiger partial charge in [0.05, 0.1) is 6.04 Å². The van der Waals surface area contributed by atoms with E-state index in [9.17, 15) is 9.59 Å². The van der Waals surface area contributed by atoms with Crippen LogP contribution in [-0.2, 0) is 16.1 Å². The molecular formula is C27H41ClN2O2. The topological polar surface area (TPSA) is 49.4 Å². The number of rotatable bonds is 7. The number of Topliss-reactive ketones (excluding diaryl/α,β-unsaturated/α-hetero) is 1. The quantitative estimate of drug-likeness (QED) is 0.530. The van der Waals surface area contributed by atoms with Crippen molar-refractivity contribution in [2.24, 2.45) is 11.8 Å². The molecule has 1 aromatic rings. The molecule has 178 valence electrons. The van der Waals surface area contributed by atoms with E-state index >= 15 is 0 Å². The summed E-state index contributed by atoms with van der Waals surface area (Å²) >= 11 is 6.05. The van der Waals surface area contributed by atoms with Crippen molar-refractivity contribution >= 4 is 23.3 Å². The molecule has 0 radical (unpaired) electrons. The maximum Gasteiger partial charge on any atom is 0.221 e. The van der Waals surface area contributed by atoms with Crippen LogP contribution in [0, 0.1) is 11.8 Å². The molecule has 1 heterocycles. The number of carbonyl (C=O) groups is 2. The molecule has 1 aromatic carbocycles. The molecule has 5 heteroatoms. The van der Waals surface area contributed by atoms with Gasteiger partial charge in [-0.15, -0.1) is 0 Å². The molecule has 1 N–H and O–H groups in total. The van der Waals surface area contributed by atoms with E-state index in [4.69, 9.17) is 11.6 Å². The minimum atomic E-state index is -0.294. The molecule has 1 amide bonds. The smallest absolute Gasteiger partial charge is 0.221 e. The van der Waals surface area contributed by atoms with Crippen molar-refractivity contribution in [3.05, 3.63) is 34.9 Å². The first-order valence-electron chi connectivity index (χ1n) is 12.8. The molecule has 1 saturated heterocycles. The summed E-state index contributed by atoms with van der Waals surface area (Å²) in [4.78, 5) is 28.5. The fourth-order valence-corrected chi connectivity index (χ4v) is 5.43. The SMILES string of the molecule is CCCCC1CCN(Cc2ccc(Cl)cc2)CCC(=O)N[C@@H](CC2CCCCC2)C(=O)C1. The molecule has 1 aliphatic carbocycles. The zero-order chi connectivity index (χ0) is 22.8. The molecule has 4 nitrogen and oxygen atoms in total. The van der Waals surface area contributed by atoms with Gasteiger partial charge in [-0.05, 0) is 55.3 Å². The van der Waals surface area contributed by atoms with Gasteiger partial charge in [0.1, 0.15) is 0 Å². The van der Waals surface area contributed by atoms with Gasteiger partial charge in [0, 0.05) is 31.0 Å². The first-order valence-corrected chi connectivity index (χ1v) is 13.2. The predicted molar refractivity (Wildman–Crippen MR) is 132 cm³/mol. The summed E-state index contributed by atoms with van der Waals surface area (Å²) in [5.74, 6) is 1.26. The Morgan fingerprint density at radius 2 is 1.75 bits per heavy atom. The largest absolute Gasteiger partial charge is 0.346 e. The molecule has 1 saturated carbocycles. The Morgan fingerprint density at radius 3 is 2.47 bits per heavy atom. The van der Waals surface area contributed by atoms with Crippen LogP contribution in [-0.4, -0.2) is 35.7 Å². The Kier molecular flexibility index (Phi) is 10.5. The first-order chi connectivity index (χ1) is 15.5. The zero-order valence-corrected chi connectivity index (χ0v) is 20.5. The Balaban J connectivity index is 1.68. The summed E-state index contributed by atoms with van der Waals surface area (Å²) in [6.45, 7) is 4.67. The van der Waals surface area contributed by atoms with Gasteiger partial charge in [-0.2, -0.15) is 0 Å². The third kappa shape index (κ3) is 8.51. The lowest BCUT2D eigenvalue weighted by Gasteiger charge is -2.27. The minimum Gasteiger partial charge on any atom is -0.346 e. The van der Waals surface area contributed by atoms with E-state index in [1.807, 2.05) is 12.1 Å². The van der Waals surface area contributed by atoms with Crippen LogP contribution in [0.1, 0.15) is 89.5 Å². The lowest BCUT2D eigenvalue weighted by atomic mass is 9.82. The lowest BCUT2D eigenvalue weighted by molar-refractivity contribution is -0.128. The highest BCUT2D eigenvalue weighted by Crippen LogP contribution is 2.29. The third-order valence-electron chi connectivity index (χ3n) is 7.30. The molecule has 0 aromatic heterocycles. The van der Waals surface area contributed by atoms with E-state index in [0.29, 0.717) is 24.7 Å². The van der Waals surface area contributed by atoms with E-state index in [-0.39, 0.29) is 17.7 Å². The van der Waals surface area contributed by atoms with Crippen LogP contribution in [0.3, 0.4) is 0 Å². The van der Waals surface area contributed by atoms with Gasteiger partial charge < -0.3 is 5.32 Å². The van der Waals surface area contributed by atoms with Crippen LogP contribution in [0.5, 0.6) is 0 Å². The van der Waals surface area contributed by atoms with Gasteiger partial charge in [-0.3, -0.25) is 14.5 Å². The Morgan fingerprint density at radius 1 is 1.00 bits per heavy atom. The monoisotopic (exact) mass is 460 g/mol. The van der Waals surface area contributed by atoms with Gasteiger partial charge in [-0.1, -0.05) is 75.6 Å². The summed E-state index contributed by atoms with van der Waals surface area (Å²) in [5, 5.41) is 3.89. The van der Waals surface area contributed by atoms with Crippen molar-refractivity contribution in [1.82, 2.24) is 10.2 Å². The number of halogens is 1. The van der Waals surface area contributed by atoms with Crippen LogP contribution in [0.2, 0.25) is 5.02 Å². The molecule has 0 spiro atoms. The normalized spacial score (nSPS) is 24.7. The van der Waals surface area contributed by atoms with E-state index in [2.05, 4.69) is 29.3 Å². The van der Waals surface area contributed by atoms with Crippen LogP contribution < -0.4 is 5.32 Å². The van der Waals surface area contributed by atoms with Crippen LogP contribution in [0.25, 0.3) is 0 Å². The number of unbranched alkanes of at least 4 members (excludes halogenated alkanes) is 1. The summed E-state index contributed by atoms with van der Waals surface area (Å²) in [7, 11) is 0. The second-order valence-electron chi connectivity index (χ2n) is 9.98. The number of amides is 1. The molecule has 2 fully saturated rings. The lowest BCUT2D eigenvalue weighted by Crippen LogP contribution is -2.43. The van der Waals surface area contributed by atoms with E-state index in [1.165, 1.54) is 37.7 Å². The summed E-state index contributed by atoms with van der Waals surface area (Å²) in [5.41, 5.74) is 1.21. The van der Waals surface area contributed by atoms with Crippen molar-refractivity contribution in [3.63, 3.8) is 0 Å². The standard InChI is InChI=1S/C27H41ClN2O2/c1-2-3-7-22-14-16-30(20-23-10-12-24(28)13-11-23)17-15-27(32)29-25(26(31)19-22)18-21-8-5-4-6-9-21/h10-13,21-22,25H,2-9,14-20H2,1H3,(H,29,32)/t22?,25-/m0/s1. The molecule has 2 aliphatic rings. The molecule has 3 rings (SSSR count). The minimum absolute atomic E-state index is 0.0206. The number of nitrogens with zero attached hydrogens (tertiary/aromatic N) is 1. The second kappa shape index (κ2) is 13.3. The number of nitrogens with one attached hydrogen (secondary N) is 1. The number of benzene rings is 1. The Labute approximate surface area is 199 Å². The van der Waals surface area contributed by atoms with Crippen LogP contribution in [0.4, 0.5) is 0 Å².